The lowest BCUT2D eigenvalue weighted by Crippen LogP contribution is -2.55. The van der Waals surface area contributed by atoms with Gasteiger partial charge in [0.25, 0.3) is 5.92 Å². The molecule has 0 radical (unpaired) electrons. The Morgan fingerprint density at radius 3 is 2.27 bits per heavy atom. The fourth-order valence-electron chi connectivity index (χ4n) is 6.00. The number of alkyl halides is 2. The average molecular weight is 549 g/mol. The molecule has 2 aliphatic rings. The van der Waals surface area contributed by atoms with Gasteiger partial charge in [-0.3, -0.25) is 9.78 Å². The van der Waals surface area contributed by atoms with Crippen molar-refractivity contribution in [2.24, 2.45) is 11.7 Å². The number of hydrogen-bond acceptors (Lipinski definition) is 4. The first-order valence-corrected chi connectivity index (χ1v) is 13.6. The molecule has 0 unspecified atom stereocenters. The first-order chi connectivity index (χ1) is 19.0. The molecule has 4 N–H and O–H groups in total. The van der Waals surface area contributed by atoms with E-state index < -0.39 is 17.6 Å². The van der Waals surface area contributed by atoms with E-state index in [9.17, 15) is 23.5 Å². The largest absolute Gasteiger partial charge is 0.465 e. The molecule has 40 heavy (non-hydrogen) atoms. The molecule has 0 bridgehead atoms. The van der Waals surface area contributed by atoms with E-state index in [1.807, 2.05) is 48.5 Å². The molecule has 210 valence electrons. The normalized spacial score (nSPS) is 21.2. The Kier molecular flexibility index (Phi) is 7.59. The number of carboxylic acid groups (broad SMARTS) is 1. The van der Waals surface area contributed by atoms with Crippen LogP contribution in [0.1, 0.15) is 50.5 Å². The van der Waals surface area contributed by atoms with Gasteiger partial charge < -0.3 is 21.1 Å². The van der Waals surface area contributed by atoms with Crippen molar-refractivity contribution in [3.63, 3.8) is 0 Å². The number of carbonyl (C=O) groups excluding carboxylic acids is 1. The molecule has 7 nitrogen and oxygen atoms in total. The van der Waals surface area contributed by atoms with Crippen LogP contribution in [0.15, 0.2) is 66.9 Å². The molecule has 2 aliphatic carbocycles. The maximum absolute atomic E-state index is 13.5. The van der Waals surface area contributed by atoms with Gasteiger partial charge in [-0.25, -0.2) is 13.6 Å². The maximum Gasteiger partial charge on any atom is 0.407 e. The van der Waals surface area contributed by atoms with E-state index in [0.29, 0.717) is 23.4 Å². The van der Waals surface area contributed by atoms with Crippen molar-refractivity contribution in [3.8, 4) is 22.4 Å². The Morgan fingerprint density at radius 2 is 1.68 bits per heavy atom. The number of pyridine rings is 1. The monoisotopic (exact) mass is 548 g/mol. The highest BCUT2D eigenvalue weighted by atomic mass is 19.3. The molecule has 0 saturated heterocycles. The number of nitrogens with zero attached hydrogens (tertiary/aromatic N) is 2. The summed E-state index contributed by atoms with van der Waals surface area (Å²) in [6.45, 7) is 0. The van der Waals surface area contributed by atoms with Crippen molar-refractivity contribution in [1.29, 1.82) is 0 Å². The Hall–Kier alpha value is -3.85. The summed E-state index contributed by atoms with van der Waals surface area (Å²) >= 11 is 0. The van der Waals surface area contributed by atoms with Crippen molar-refractivity contribution in [2.75, 3.05) is 12.4 Å². The SMILES string of the molecule is CN(C(=O)O)C1CCC(CC(=O)Nc2cnc(-c3ccc(C4(N)CC(F)(F)C4)cc3)c(-c3ccccc3)c2)CC1. The zero-order chi connectivity index (χ0) is 28.5. The fourth-order valence-corrected chi connectivity index (χ4v) is 6.00. The number of carbonyl (C=O) groups is 2. The highest BCUT2D eigenvalue weighted by molar-refractivity contribution is 5.93. The molecule has 2 amide bonds. The molecule has 0 atom stereocenters. The summed E-state index contributed by atoms with van der Waals surface area (Å²) < 4.78 is 27.0. The third kappa shape index (κ3) is 5.99. The van der Waals surface area contributed by atoms with Crippen LogP contribution in [0.5, 0.6) is 0 Å². The summed E-state index contributed by atoms with van der Waals surface area (Å²) in [5, 5.41) is 12.2. The summed E-state index contributed by atoms with van der Waals surface area (Å²) in [5.41, 5.74) is 9.75. The van der Waals surface area contributed by atoms with E-state index in [-0.39, 0.29) is 30.7 Å². The van der Waals surface area contributed by atoms with Gasteiger partial charge in [-0.05, 0) is 48.8 Å². The second kappa shape index (κ2) is 11.0. The number of benzene rings is 2. The van der Waals surface area contributed by atoms with Crippen LogP contribution in [0, 0.1) is 5.92 Å². The molecule has 2 saturated carbocycles. The number of rotatable bonds is 7. The van der Waals surface area contributed by atoms with E-state index in [1.165, 1.54) is 4.90 Å². The molecule has 5 rings (SSSR count). The van der Waals surface area contributed by atoms with Crippen LogP contribution in [-0.2, 0) is 10.3 Å². The Morgan fingerprint density at radius 1 is 1.02 bits per heavy atom. The van der Waals surface area contributed by atoms with Gasteiger partial charge >= 0.3 is 6.09 Å². The number of amides is 2. The zero-order valence-corrected chi connectivity index (χ0v) is 22.4. The molecule has 1 aromatic heterocycles. The summed E-state index contributed by atoms with van der Waals surface area (Å²) in [6.07, 6.45) is 3.47. The molecule has 2 aromatic carbocycles. The minimum absolute atomic E-state index is 0.00102. The molecule has 9 heteroatoms. The fraction of sp³-hybridized carbons (Fsp3) is 0.387. The third-order valence-electron chi connectivity index (χ3n) is 8.28. The molecule has 0 aliphatic heterocycles. The van der Waals surface area contributed by atoms with Crippen molar-refractivity contribution in [3.05, 3.63) is 72.4 Å². The van der Waals surface area contributed by atoms with Gasteiger partial charge in [-0.1, -0.05) is 54.6 Å². The number of hydrogen-bond donors (Lipinski definition) is 3. The van der Waals surface area contributed by atoms with Crippen LogP contribution in [0.25, 0.3) is 22.4 Å². The lowest BCUT2D eigenvalue weighted by molar-refractivity contribution is -0.125. The van der Waals surface area contributed by atoms with Gasteiger partial charge in [-0.2, -0.15) is 0 Å². The van der Waals surface area contributed by atoms with Gasteiger partial charge in [0.2, 0.25) is 5.91 Å². The average Bonchev–Trinajstić information content (AvgIpc) is 2.92. The predicted octanol–water partition coefficient (Wildman–Crippen LogP) is 6.50. The second-order valence-electron chi connectivity index (χ2n) is 11.2. The van der Waals surface area contributed by atoms with Crippen molar-refractivity contribution in [2.45, 2.75) is 62.4 Å². The second-order valence-corrected chi connectivity index (χ2v) is 11.2. The van der Waals surface area contributed by atoms with E-state index in [0.717, 1.165) is 42.4 Å². The standard InChI is InChI=1S/C31H34F2N4O3/c1-37(29(39)40)25-13-7-20(8-14-25)15-27(38)36-24-16-26(21-5-3-2-4-6-21)28(35-17-24)22-9-11-23(12-10-22)30(34)18-31(32,33)19-30/h2-6,9-12,16-17,20,25H,7-8,13-15,18-19,34H2,1H3,(H,36,38)(H,39,40). The van der Waals surface area contributed by atoms with E-state index in [2.05, 4.69) is 5.32 Å². The van der Waals surface area contributed by atoms with E-state index >= 15 is 0 Å². The summed E-state index contributed by atoms with van der Waals surface area (Å²) in [4.78, 5) is 30.2. The number of halogens is 2. The van der Waals surface area contributed by atoms with Gasteiger partial charge in [0.15, 0.2) is 0 Å². The van der Waals surface area contributed by atoms with Gasteiger partial charge in [0.1, 0.15) is 0 Å². The summed E-state index contributed by atoms with van der Waals surface area (Å²) in [7, 11) is 1.60. The third-order valence-corrected chi connectivity index (χ3v) is 8.28. The number of anilines is 1. The molecule has 0 spiro atoms. The summed E-state index contributed by atoms with van der Waals surface area (Å²) in [5.74, 6) is -2.61. The number of nitrogens with two attached hydrogens (primary N) is 1. The highest BCUT2D eigenvalue weighted by Crippen LogP contribution is 2.50. The topological polar surface area (TPSA) is 109 Å². The zero-order valence-electron chi connectivity index (χ0n) is 22.4. The predicted molar refractivity (Wildman–Crippen MR) is 150 cm³/mol. The molecule has 1 heterocycles. The van der Waals surface area contributed by atoms with Crippen LogP contribution < -0.4 is 11.1 Å². The first kappa shape index (κ1) is 27.7. The summed E-state index contributed by atoms with van der Waals surface area (Å²) in [6, 6.07) is 18.9. The lowest BCUT2D eigenvalue weighted by atomic mass is 9.70. The van der Waals surface area contributed by atoms with Crippen LogP contribution in [0.4, 0.5) is 19.3 Å². The first-order valence-electron chi connectivity index (χ1n) is 13.6. The Labute approximate surface area is 232 Å². The van der Waals surface area contributed by atoms with Crippen molar-refractivity contribution in [1.82, 2.24) is 9.88 Å². The Balaban J connectivity index is 1.30. The lowest BCUT2D eigenvalue weighted by Gasteiger charge is -2.44. The van der Waals surface area contributed by atoms with Gasteiger partial charge in [0, 0.05) is 43.5 Å². The van der Waals surface area contributed by atoms with Crippen molar-refractivity contribution < 1.29 is 23.5 Å². The number of nitrogens with one attached hydrogen (secondary N) is 1. The maximum atomic E-state index is 13.5. The minimum atomic E-state index is -2.72. The molecular formula is C31H34F2N4O3. The number of aromatic nitrogens is 1. The molecular weight excluding hydrogens is 514 g/mol. The van der Waals surface area contributed by atoms with Gasteiger partial charge in [-0.15, -0.1) is 0 Å². The van der Waals surface area contributed by atoms with E-state index in [4.69, 9.17) is 10.7 Å². The minimum Gasteiger partial charge on any atom is -0.465 e. The molecule has 2 fully saturated rings. The van der Waals surface area contributed by atoms with Crippen LogP contribution in [-0.4, -0.2) is 46.0 Å². The van der Waals surface area contributed by atoms with Crippen molar-refractivity contribution >= 4 is 17.7 Å². The van der Waals surface area contributed by atoms with Gasteiger partial charge in [0.05, 0.1) is 23.1 Å². The smallest absolute Gasteiger partial charge is 0.407 e. The quantitative estimate of drug-likeness (QED) is 0.313. The van der Waals surface area contributed by atoms with Crippen LogP contribution >= 0.6 is 0 Å². The van der Waals surface area contributed by atoms with E-state index in [1.54, 1.807) is 25.4 Å². The van der Waals surface area contributed by atoms with Crippen LogP contribution in [0.2, 0.25) is 0 Å². The Bertz CT molecular complexity index is 1370. The highest BCUT2D eigenvalue weighted by Gasteiger charge is 2.55. The van der Waals surface area contributed by atoms with Crippen LogP contribution in [0.3, 0.4) is 0 Å². The molecule has 3 aromatic rings.